The molecular weight excluding hydrogens is 328 g/mol. The maximum atomic E-state index is 5.44. The van der Waals surface area contributed by atoms with E-state index in [1.807, 2.05) is 0 Å². The first-order valence-corrected chi connectivity index (χ1v) is 7.42. The number of aromatic nitrogens is 2. The van der Waals surface area contributed by atoms with Crippen molar-refractivity contribution in [3.63, 3.8) is 0 Å². The molecule has 108 valence electrons. The predicted molar refractivity (Wildman–Crippen MR) is 82.2 cm³/mol. The highest BCUT2D eigenvalue weighted by molar-refractivity contribution is 9.10. The topological polar surface area (TPSA) is 47.1 Å². The van der Waals surface area contributed by atoms with Gasteiger partial charge in [-0.05, 0) is 15.9 Å². The Morgan fingerprint density at radius 2 is 1.95 bits per heavy atom. The van der Waals surface area contributed by atoms with Crippen molar-refractivity contribution >= 4 is 28.1 Å². The molecule has 0 spiro atoms. The third-order valence-corrected chi connectivity index (χ3v) is 3.91. The van der Waals surface area contributed by atoms with Crippen LogP contribution < -0.4 is 0 Å². The molecule has 1 aromatic heterocycles. The third-order valence-electron chi connectivity index (χ3n) is 2.58. The lowest BCUT2D eigenvalue weighted by Gasteiger charge is -2.21. The van der Waals surface area contributed by atoms with E-state index < -0.39 is 0 Å². The molecule has 0 amide bonds. The van der Waals surface area contributed by atoms with E-state index in [-0.39, 0.29) is 5.41 Å². The second kappa shape index (κ2) is 7.47. The molecule has 0 saturated carbocycles. The van der Waals surface area contributed by atoms with E-state index in [1.165, 1.54) is 0 Å². The van der Waals surface area contributed by atoms with E-state index >= 15 is 0 Å². The molecule has 4 nitrogen and oxygen atoms in total. The van der Waals surface area contributed by atoms with Gasteiger partial charge in [-0.3, -0.25) is 0 Å². The number of aromatic amines is 1. The lowest BCUT2D eigenvalue weighted by atomic mass is 9.92. The van der Waals surface area contributed by atoms with Crippen LogP contribution >= 0.6 is 28.1 Å². The molecule has 0 aliphatic rings. The summed E-state index contributed by atoms with van der Waals surface area (Å²) in [4.78, 5) is 7.71. The largest absolute Gasteiger partial charge is 0.382 e. The Bertz CT molecular complexity index is 469. The highest BCUT2D eigenvalue weighted by atomic mass is 79.9. The molecule has 0 atom stereocenters. The number of nitrogens with zero attached hydrogens (tertiary/aromatic N) is 1. The summed E-state index contributed by atoms with van der Waals surface area (Å²) in [7, 11) is 1.66. The quantitative estimate of drug-likeness (QED) is 0.632. The van der Waals surface area contributed by atoms with Crippen molar-refractivity contribution in [3.05, 3.63) is 20.6 Å². The Morgan fingerprint density at radius 1 is 1.26 bits per heavy atom. The molecule has 0 bridgehead atoms. The van der Waals surface area contributed by atoms with Gasteiger partial charge >= 0.3 is 0 Å². The van der Waals surface area contributed by atoms with Crippen LogP contribution in [0.4, 0.5) is 0 Å². The fourth-order valence-electron chi connectivity index (χ4n) is 1.55. The Labute approximate surface area is 128 Å². The van der Waals surface area contributed by atoms with E-state index in [4.69, 9.17) is 21.7 Å². The Kier molecular flexibility index (Phi) is 6.59. The summed E-state index contributed by atoms with van der Waals surface area (Å²) < 4.78 is 11.8. The van der Waals surface area contributed by atoms with Gasteiger partial charge in [0.15, 0.2) is 0 Å². The van der Waals surface area contributed by atoms with Crippen LogP contribution in [-0.4, -0.2) is 36.9 Å². The van der Waals surface area contributed by atoms with Crippen molar-refractivity contribution in [2.75, 3.05) is 26.9 Å². The summed E-state index contributed by atoms with van der Waals surface area (Å²) >= 11 is 8.79. The molecule has 1 aromatic rings. The first kappa shape index (κ1) is 16.8. The first-order chi connectivity index (χ1) is 8.86. The summed E-state index contributed by atoms with van der Waals surface area (Å²) in [6.45, 7) is 8.22. The van der Waals surface area contributed by atoms with Crippen LogP contribution in [0.5, 0.6) is 0 Å². The standard InChI is InChI=1S/C13H21BrN2O2S/c1-13(2,3)11-10(14)12(19)16-9(15-11)5-6-18-8-7-17-4/h5-8H2,1-4H3,(H,15,16,19). The van der Waals surface area contributed by atoms with Crippen LogP contribution in [0.25, 0.3) is 0 Å². The van der Waals surface area contributed by atoms with E-state index in [1.54, 1.807) is 7.11 Å². The molecule has 0 radical (unpaired) electrons. The predicted octanol–water partition coefficient (Wildman–Crippen LogP) is 3.40. The Balaban J connectivity index is 2.75. The van der Waals surface area contributed by atoms with Gasteiger partial charge in [-0.25, -0.2) is 4.98 Å². The van der Waals surface area contributed by atoms with E-state index in [0.29, 0.717) is 30.9 Å². The second-order valence-electron chi connectivity index (χ2n) is 5.28. The van der Waals surface area contributed by atoms with Gasteiger partial charge in [0.1, 0.15) is 10.5 Å². The second-order valence-corrected chi connectivity index (χ2v) is 6.46. The minimum absolute atomic E-state index is 0.0129. The summed E-state index contributed by atoms with van der Waals surface area (Å²) in [6.07, 6.45) is 0.712. The summed E-state index contributed by atoms with van der Waals surface area (Å²) in [5, 5.41) is 0. The van der Waals surface area contributed by atoms with Gasteiger partial charge in [0.25, 0.3) is 0 Å². The maximum Gasteiger partial charge on any atom is 0.144 e. The number of H-pyrrole nitrogens is 1. The number of nitrogens with one attached hydrogen (secondary N) is 1. The van der Waals surface area contributed by atoms with Gasteiger partial charge in [-0.15, -0.1) is 0 Å². The zero-order chi connectivity index (χ0) is 14.5. The average molecular weight is 349 g/mol. The minimum atomic E-state index is -0.0129. The maximum absolute atomic E-state index is 5.44. The van der Waals surface area contributed by atoms with E-state index in [2.05, 4.69) is 46.7 Å². The summed E-state index contributed by atoms with van der Waals surface area (Å²) in [5.41, 5.74) is 1.06. The molecule has 0 aliphatic carbocycles. The molecule has 1 heterocycles. The smallest absolute Gasteiger partial charge is 0.144 e. The third kappa shape index (κ3) is 5.30. The molecule has 19 heavy (non-hydrogen) atoms. The molecule has 1 rings (SSSR count). The molecule has 1 N–H and O–H groups in total. The van der Waals surface area contributed by atoms with Crippen molar-refractivity contribution < 1.29 is 9.47 Å². The van der Waals surface area contributed by atoms with Crippen LogP contribution in [-0.2, 0) is 21.3 Å². The van der Waals surface area contributed by atoms with Gasteiger partial charge in [0.2, 0.25) is 0 Å². The molecule has 0 aliphatic heterocycles. The van der Waals surface area contributed by atoms with Crippen molar-refractivity contribution in [2.45, 2.75) is 32.6 Å². The van der Waals surface area contributed by atoms with Crippen LogP contribution in [0.3, 0.4) is 0 Å². The Morgan fingerprint density at radius 3 is 2.53 bits per heavy atom. The van der Waals surface area contributed by atoms with Gasteiger partial charge in [-0.2, -0.15) is 0 Å². The number of methoxy groups -OCH3 is 1. The van der Waals surface area contributed by atoms with Crippen molar-refractivity contribution in [1.82, 2.24) is 9.97 Å². The average Bonchev–Trinajstić information content (AvgIpc) is 2.31. The van der Waals surface area contributed by atoms with E-state index in [0.717, 1.165) is 16.0 Å². The lowest BCUT2D eigenvalue weighted by molar-refractivity contribution is 0.0716. The highest BCUT2D eigenvalue weighted by Gasteiger charge is 2.19. The van der Waals surface area contributed by atoms with Crippen LogP contribution in [0.1, 0.15) is 32.3 Å². The Hall–Kier alpha value is -0.300. The first-order valence-electron chi connectivity index (χ1n) is 6.22. The monoisotopic (exact) mass is 348 g/mol. The minimum Gasteiger partial charge on any atom is -0.382 e. The number of hydrogen-bond donors (Lipinski definition) is 1. The van der Waals surface area contributed by atoms with E-state index in [9.17, 15) is 0 Å². The van der Waals surface area contributed by atoms with Crippen LogP contribution in [0.15, 0.2) is 4.47 Å². The zero-order valence-electron chi connectivity index (χ0n) is 11.9. The van der Waals surface area contributed by atoms with Gasteiger partial charge in [-0.1, -0.05) is 33.0 Å². The molecule has 0 fully saturated rings. The highest BCUT2D eigenvalue weighted by Crippen LogP contribution is 2.28. The fourth-order valence-corrected chi connectivity index (χ4v) is 2.55. The molecule has 6 heteroatoms. The number of halogens is 1. The van der Waals surface area contributed by atoms with Gasteiger partial charge in [0.05, 0.1) is 24.3 Å². The van der Waals surface area contributed by atoms with Gasteiger partial charge < -0.3 is 14.5 Å². The van der Waals surface area contributed by atoms with Crippen molar-refractivity contribution in [2.24, 2.45) is 0 Å². The molecule has 0 saturated heterocycles. The zero-order valence-corrected chi connectivity index (χ0v) is 14.3. The van der Waals surface area contributed by atoms with Crippen LogP contribution in [0, 0.1) is 4.64 Å². The van der Waals surface area contributed by atoms with Crippen LogP contribution in [0.2, 0.25) is 0 Å². The number of ether oxygens (including phenoxy) is 2. The summed E-state index contributed by atoms with van der Waals surface area (Å²) in [6, 6.07) is 0. The summed E-state index contributed by atoms with van der Waals surface area (Å²) in [5.74, 6) is 0.857. The lowest BCUT2D eigenvalue weighted by Crippen LogP contribution is -2.17. The fraction of sp³-hybridized carbons (Fsp3) is 0.692. The van der Waals surface area contributed by atoms with Crippen molar-refractivity contribution in [1.29, 1.82) is 0 Å². The number of rotatable bonds is 6. The SMILES string of the molecule is COCCOCCc1nc(=S)c(Br)c(C(C)(C)C)[nH]1. The molecular formula is C13H21BrN2O2S. The molecule has 0 aromatic carbocycles. The van der Waals surface area contributed by atoms with Crippen molar-refractivity contribution in [3.8, 4) is 0 Å². The molecule has 0 unspecified atom stereocenters. The normalized spacial score (nSPS) is 11.8. The number of hydrogen-bond acceptors (Lipinski definition) is 4. The van der Waals surface area contributed by atoms with Gasteiger partial charge in [0, 0.05) is 24.6 Å².